The van der Waals surface area contributed by atoms with Crippen LogP contribution in [0, 0.1) is 9.49 Å². The molecule has 1 saturated heterocycles. The van der Waals surface area contributed by atoms with Crippen LogP contribution in [0.4, 0.5) is 10.5 Å². The quantitative estimate of drug-likeness (QED) is 0.785. The van der Waals surface area contributed by atoms with Crippen LogP contribution in [0.5, 0.6) is 0 Å². The molecule has 2 rings (SSSR count). The molecule has 1 aliphatic rings. The van der Waals surface area contributed by atoms with Crippen molar-refractivity contribution < 1.29 is 14.7 Å². The standard InChI is InChI=1S/C11H12IN3O3/c12-8-5-13-3-1-9(8)14-11(18)15-4-2-7(6-15)10(16)17/h1,3,5,7H,2,4,6H2,(H,16,17)(H,13,14,18). The maximum atomic E-state index is 11.9. The number of rotatable bonds is 2. The normalized spacial score (nSPS) is 18.7. The third-order valence-corrected chi connectivity index (χ3v) is 3.70. The predicted octanol–water partition coefficient (Wildman–Crippen LogP) is 1.62. The van der Waals surface area contributed by atoms with Gasteiger partial charge < -0.3 is 15.3 Å². The summed E-state index contributed by atoms with van der Waals surface area (Å²) in [5, 5.41) is 11.6. The molecule has 18 heavy (non-hydrogen) atoms. The maximum absolute atomic E-state index is 11.9. The highest BCUT2D eigenvalue weighted by atomic mass is 127. The number of carbonyl (C=O) groups excluding carboxylic acids is 1. The van der Waals surface area contributed by atoms with Gasteiger partial charge >= 0.3 is 12.0 Å². The number of pyridine rings is 1. The second kappa shape index (κ2) is 5.51. The molecule has 1 aromatic heterocycles. The van der Waals surface area contributed by atoms with Crippen molar-refractivity contribution in [2.24, 2.45) is 5.92 Å². The molecule has 96 valence electrons. The van der Waals surface area contributed by atoms with Crippen molar-refractivity contribution in [2.45, 2.75) is 6.42 Å². The molecule has 0 saturated carbocycles. The van der Waals surface area contributed by atoms with Gasteiger partial charge in [0, 0.05) is 25.5 Å². The van der Waals surface area contributed by atoms with Crippen LogP contribution in [-0.4, -0.2) is 40.1 Å². The largest absolute Gasteiger partial charge is 0.481 e. The summed E-state index contributed by atoms with van der Waals surface area (Å²) in [6, 6.07) is 1.45. The number of hydrogen-bond acceptors (Lipinski definition) is 3. The fourth-order valence-electron chi connectivity index (χ4n) is 1.82. The molecule has 2 amide bonds. The monoisotopic (exact) mass is 361 g/mol. The second-order valence-electron chi connectivity index (χ2n) is 4.06. The van der Waals surface area contributed by atoms with Crippen LogP contribution in [0.3, 0.4) is 0 Å². The number of nitrogens with zero attached hydrogens (tertiary/aromatic N) is 2. The first-order chi connectivity index (χ1) is 8.58. The zero-order chi connectivity index (χ0) is 13.1. The summed E-state index contributed by atoms with van der Waals surface area (Å²) in [5.74, 6) is -1.30. The van der Waals surface area contributed by atoms with Gasteiger partial charge in [0.2, 0.25) is 0 Å². The van der Waals surface area contributed by atoms with Crippen LogP contribution in [0.15, 0.2) is 18.5 Å². The molecule has 0 radical (unpaired) electrons. The third kappa shape index (κ3) is 2.89. The number of urea groups is 1. The number of hydrogen-bond donors (Lipinski definition) is 2. The first-order valence-electron chi connectivity index (χ1n) is 5.46. The minimum absolute atomic E-state index is 0.261. The van der Waals surface area contributed by atoms with Gasteiger partial charge in [-0.25, -0.2) is 4.79 Å². The van der Waals surface area contributed by atoms with Crippen molar-refractivity contribution in [1.82, 2.24) is 9.88 Å². The molecule has 1 atom stereocenters. The Balaban J connectivity index is 1.98. The Labute approximate surface area is 118 Å². The van der Waals surface area contributed by atoms with Gasteiger partial charge in [0.1, 0.15) is 0 Å². The van der Waals surface area contributed by atoms with Crippen molar-refractivity contribution in [1.29, 1.82) is 0 Å². The van der Waals surface area contributed by atoms with E-state index in [1.54, 1.807) is 18.5 Å². The van der Waals surface area contributed by atoms with Crippen molar-refractivity contribution in [3.8, 4) is 0 Å². The van der Waals surface area contributed by atoms with Crippen LogP contribution in [0.2, 0.25) is 0 Å². The fraction of sp³-hybridized carbons (Fsp3) is 0.364. The molecule has 6 nitrogen and oxygen atoms in total. The first-order valence-corrected chi connectivity index (χ1v) is 6.54. The Morgan fingerprint density at radius 2 is 2.33 bits per heavy atom. The van der Waals surface area contributed by atoms with Gasteiger partial charge in [0.05, 0.1) is 15.2 Å². The highest BCUT2D eigenvalue weighted by Crippen LogP contribution is 2.20. The highest BCUT2D eigenvalue weighted by Gasteiger charge is 2.30. The number of halogens is 1. The van der Waals surface area contributed by atoms with Gasteiger partial charge in [-0.3, -0.25) is 9.78 Å². The topological polar surface area (TPSA) is 82.5 Å². The van der Waals surface area contributed by atoms with Crippen molar-refractivity contribution in [2.75, 3.05) is 18.4 Å². The zero-order valence-corrected chi connectivity index (χ0v) is 11.6. The van der Waals surface area contributed by atoms with Crippen LogP contribution < -0.4 is 5.32 Å². The molecule has 1 fully saturated rings. The molecule has 2 heterocycles. The van der Waals surface area contributed by atoms with E-state index in [4.69, 9.17) is 5.11 Å². The van der Waals surface area contributed by atoms with Crippen LogP contribution in [0.25, 0.3) is 0 Å². The molecule has 1 aliphatic heterocycles. The summed E-state index contributed by atoms with van der Waals surface area (Å²) in [6.07, 6.45) is 3.76. The van der Waals surface area contributed by atoms with Crippen molar-refractivity contribution in [3.05, 3.63) is 22.0 Å². The average molecular weight is 361 g/mol. The van der Waals surface area contributed by atoms with Gasteiger partial charge in [-0.05, 0) is 35.1 Å². The number of aliphatic carboxylic acids is 1. The summed E-state index contributed by atoms with van der Waals surface area (Å²) in [6.45, 7) is 0.743. The molecule has 0 spiro atoms. The number of likely N-dealkylation sites (tertiary alicyclic amines) is 1. The van der Waals surface area contributed by atoms with Crippen LogP contribution in [-0.2, 0) is 4.79 Å². The van der Waals surface area contributed by atoms with Gasteiger partial charge in [-0.1, -0.05) is 0 Å². The minimum atomic E-state index is -0.844. The molecular weight excluding hydrogens is 349 g/mol. The summed E-state index contributed by atoms with van der Waals surface area (Å²) < 4.78 is 0.845. The Kier molecular flexibility index (Phi) is 4.00. The summed E-state index contributed by atoms with van der Waals surface area (Å²) in [7, 11) is 0. The third-order valence-electron chi connectivity index (χ3n) is 2.84. The van der Waals surface area contributed by atoms with E-state index in [-0.39, 0.29) is 12.6 Å². The Morgan fingerprint density at radius 1 is 1.56 bits per heavy atom. The molecule has 0 bridgehead atoms. The van der Waals surface area contributed by atoms with E-state index in [1.165, 1.54) is 4.90 Å². The summed E-state index contributed by atoms with van der Waals surface area (Å²) >= 11 is 2.08. The van der Waals surface area contributed by atoms with Crippen LogP contribution in [0.1, 0.15) is 6.42 Å². The molecule has 1 unspecified atom stereocenters. The van der Waals surface area contributed by atoms with Crippen molar-refractivity contribution in [3.63, 3.8) is 0 Å². The molecule has 7 heteroatoms. The fourth-order valence-corrected chi connectivity index (χ4v) is 2.29. The molecule has 0 aliphatic carbocycles. The van der Waals surface area contributed by atoms with E-state index >= 15 is 0 Å². The molecule has 0 aromatic carbocycles. The smallest absolute Gasteiger partial charge is 0.321 e. The Bertz CT molecular complexity index is 480. The first kappa shape index (κ1) is 13.1. The number of carboxylic acid groups (broad SMARTS) is 1. The number of carbonyl (C=O) groups is 2. The van der Waals surface area contributed by atoms with Crippen LogP contribution >= 0.6 is 22.6 Å². The number of nitrogens with one attached hydrogen (secondary N) is 1. The number of amides is 2. The number of carboxylic acids is 1. The molecular formula is C11H12IN3O3. The van der Waals surface area contributed by atoms with E-state index < -0.39 is 11.9 Å². The summed E-state index contributed by atoms with van der Waals surface area (Å²) in [5.41, 5.74) is 0.689. The lowest BCUT2D eigenvalue weighted by Gasteiger charge is -2.17. The summed E-state index contributed by atoms with van der Waals surface area (Å²) in [4.78, 5) is 28.2. The Morgan fingerprint density at radius 3 is 2.94 bits per heavy atom. The lowest BCUT2D eigenvalue weighted by Crippen LogP contribution is -2.34. The minimum Gasteiger partial charge on any atom is -0.481 e. The van der Waals surface area contributed by atoms with Gasteiger partial charge in [0.25, 0.3) is 0 Å². The van der Waals surface area contributed by atoms with Crippen molar-refractivity contribution >= 4 is 40.3 Å². The van der Waals surface area contributed by atoms with E-state index in [0.29, 0.717) is 18.7 Å². The van der Waals surface area contributed by atoms with E-state index in [2.05, 4.69) is 32.9 Å². The molecule has 2 N–H and O–H groups in total. The number of anilines is 1. The van der Waals surface area contributed by atoms with Gasteiger partial charge in [-0.2, -0.15) is 0 Å². The average Bonchev–Trinajstić information content (AvgIpc) is 2.81. The number of aromatic nitrogens is 1. The second-order valence-corrected chi connectivity index (χ2v) is 5.22. The van der Waals surface area contributed by atoms with Gasteiger partial charge in [0.15, 0.2) is 0 Å². The maximum Gasteiger partial charge on any atom is 0.321 e. The lowest BCUT2D eigenvalue weighted by atomic mass is 10.1. The highest BCUT2D eigenvalue weighted by molar-refractivity contribution is 14.1. The zero-order valence-electron chi connectivity index (χ0n) is 9.47. The predicted molar refractivity (Wildman–Crippen MR) is 73.3 cm³/mol. The van der Waals surface area contributed by atoms with E-state index in [0.717, 1.165) is 3.57 Å². The SMILES string of the molecule is O=C(O)C1CCN(C(=O)Nc2ccncc2I)C1. The van der Waals surface area contributed by atoms with Gasteiger partial charge in [-0.15, -0.1) is 0 Å². The van der Waals surface area contributed by atoms with E-state index in [1.807, 2.05) is 0 Å². The van der Waals surface area contributed by atoms with E-state index in [9.17, 15) is 9.59 Å². The Hall–Kier alpha value is -1.38. The molecule has 1 aromatic rings. The lowest BCUT2D eigenvalue weighted by molar-refractivity contribution is -0.141.